The van der Waals surface area contributed by atoms with Crippen molar-refractivity contribution in [3.05, 3.63) is 24.3 Å². The third-order valence-electron chi connectivity index (χ3n) is 2.82. The average molecular weight is 222 g/mol. The molecule has 0 atom stereocenters. The Bertz CT molecular complexity index is 165. The Balaban J connectivity index is 3.05. The summed E-state index contributed by atoms with van der Waals surface area (Å²) in [7, 11) is 0. The van der Waals surface area contributed by atoms with E-state index in [0.29, 0.717) is 0 Å². The van der Waals surface area contributed by atoms with Crippen molar-refractivity contribution >= 4 is 0 Å². The van der Waals surface area contributed by atoms with E-state index in [-0.39, 0.29) is 0 Å². The quantitative estimate of drug-likeness (QED) is 0.295. The van der Waals surface area contributed by atoms with Crippen molar-refractivity contribution in [3.63, 3.8) is 0 Å². The lowest BCUT2D eigenvalue weighted by atomic mass is 10.1. The number of hydrogen-bond acceptors (Lipinski definition) is 0. The normalized spacial score (nSPS) is 11.9. The highest BCUT2D eigenvalue weighted by Gasteiger charge is 1.88. The Morgan fingerprint density at radius 1 is 0.625 bits per heavy atom. The molecule has 0 radical (unpaired) electrons. The van der Waals surface area contributed by atoms with Crippen LogP contribution in [0.1, 0.15) is 78.1 Å². The summed E-state index contributed by atoms with van der Waals surface area (Å²) in [6.45, 7) is 4.45. The largest absolute Gasteiger partial charge is 0.0885 e. The predicted molar refractivity (Wildman–Crippen MR) is 75.8 cm³/mol. The molecule has 0 aliphatic heterocycles. The summed E-state index contributed by atoms with van der Waals surface area (Å²) in [6, 6.07) is 0. The Labute approximate surface area is 103 Å². The molecule has 0 nitrogen and oxygen atoms in total. The first-order valence-electron chi connectivity index (χ1n) is 7.21. The lowest BCUT2D eigenvalue weighted by molar-refractivity contribution is 0.592. The van der Waals surface area contributed by atoms with Crippen molar-refractivity contribution in [2.24, 2.45) is 0 Å². The summed E-state index contributed by atoms with van der Waals surface area (Å²) in [5.41, 5.74) is 0. The minimum Gasteiger partial charge on any atom is -0.0885 e. The summed E-state index contributed by atoms with van der Waals surface area (Å²) in [5, 5.41) is 0. The lowest BCUT2D eigenvalue weighted by Gasteiger charge is -1.98. The molecule has 0 rings (SSSR count). The van der Waals surface area contributed by atoms with Crippen LogP contribution in [0, 0.1) is 0 Å². The van der Waals surface area contributed by atoms with E-state index < -0.39 is 0 Å². The maximum Gasteiger partial charge on any atom is -0.0169 e. The van der Waals surface area contributed by atoms with Gasteiger partial charge in [-0.3, -0.25) is 0 Å². The van der Waals surface area contributed by atoms with Gasteiger partial charge in [-0.2, -0.15) is 0 Å². The average Bonchev–Trinajstić information content (AvgIpc) is 2.31. The Morgan fingerprint density at radius 2 is 1.25 bits per heavy atom. The minimum absolute atomic E-state index is 1.12. The predicted octanol–water partition coefficient (Wildman–Crippen LogP) is 6.04. The molecule has 16 heavy (non-hydrogen) atoms. The Hall–Kier alpha value is -0.520. The smallest absolute Gasteiger partial charge is 0.0169 e. The SMILES string of the molecule is CC/C=C/C/C=C/CCCCCCCCC. The van der Waals surface area contributed by atoms with E-state index in [0.717, 1.165) is 12.8 Å². The lowest BCUT2D eigenvalue weighted by Crippen LogP contribution is -1.78. The molecule has 94 valence electrons. The van der Waals surface area contributed by atoms with Gasteiger partial charge in [-0.25, -0.2) is 0 Å². The van der Waals surface area contributed by atoms with Crippen LogP contribution in [0.2, 0.25) is 0 Å². The molecule has 0 saturated heterocycles. The number of rotatable bonds is 11. The molecule has 0 aromatic carbocycles. The monoisotopic (exact) mass is 222 g/mol. The van der Waals surface area contributed by atoms with E-state index in [1.165, 1.54) is 51.4 Å². The van der Waals surface area contributed by atoms with Crippen LogP contribution >= 0.6 is 0 Å². The van der Waals surface area contributed by atoms with Crippen molar-refractivity contribution in [1.29, 1.82) is 0 Å². The van der Waals surface area contributed by atoms with E-state index in [1.807, 2.05) is 0 Å². The fourth-order valence-corrected chi connectivity index (χ4v) is 1.77. The Kier molecular flexibility index (Phi) is 14.0. The molecule has 0 N–H and O–H groups in total. The summed E-state index contributed by atoms with van der Waals surface area (Å²) in [5.74, 6) is 0. The molecule has 0 heteroatoms. The molecule has 0 bridgehead atoms. The van der Waals surface area contributed by atoms with Gasteiger partial charge < -0.3 is 0 Å². The van der Waals surface area contributed by atoms with Gasteiger partial charge in [-0.15, -0.1) is 0 Å². The highest BCUT2D eigenvalue weighted by molar-refractivity contribution is 4.92. The van der Waals surface area contributed by atoms with Crippen molar-refractivity contribution in [3.8, 4) is 0 Å². The van der Waals surface area contributed by atoms with E-state index in [1.54, 1.807) is 0 Å². The molecule has 0 fully saturated rings. The van der Waals surface area contributed by atoms with Crippen molar-refractivity contribution < 1.29 is 0 Å². The number of unbranched alkanes of at least 4 members (excludes halogenated alkanes) is 7. The van der Waals surface area contributed by atoms with Crippen LogP contribution in [-0.4, -0.2) is 0 Å². The summed E-state index contributed by atoms with van der Waals surface area (Å²) in [6.07, 6.45) is 22.5. The molecule has 0 aliphatic rings. The third kappa shape index (κ3) is 13.5. The van der Waals surface area contributed by atoms with Crippen LogP contribution in [0.5, 0.6) is 0 Å². The standard InChI is InChI=1S/C16H30/c1-3-5-7-9-11-13-15-16-14-12-10-8-6-4-2/h5,7,11,13H,3-4,6,8-10,12,14-16H2,1-2H3/b7-5+,13-11+. The molecule has 0 heterocycles. The van der Waals surface area contributed by atoms with Crippen molar-refractivity contribution in [1.82, 2.24) is 0 Å². The summed E-state index contributed by atoms with van der Waals surface area (Å²) in [4.78, 5) is 0. The summed E-state index contributed by atoms with van der Waals surface area (Å²) >= 11 is 0. The molecule has 0 aromatic heterocycles. The van der Waals surface area contributed by atoms with Crippen LogP contribution in [0.15, 0.2) is 24.3 Å². The van der Waals surface area contributed by atoms with Gasteiger partial charge in [0.15, 0.2) is 0 Å². The van der Waals surface area contributed by atoms with Gasteiger partial charge in [-0.05, 0) is 25.7 Å². The van der Waals surface area contributed by atoms with E-state index >= 15 is 0 Å². The first-order valence-corrected chi connectivity index (χ1v) is 7.21. The fourth-order valence-electron chi connectivity index (χ4n) is 1.77. The van der Waals surface area contributed by atoms with Crippen LogP contribution < -0.4 is 0 Å². The van der Waals surface area contributed by atoms with Crippen molar-refractivity contribution in [2.75, 3.05) is 0 Å². The van der Waals surface area contributed by atoms with E-state index in [4.69, 9.17) is 0 Å². The van der Waals surface area contributed by atoms with E-state index in [9.17, 15) is 0 Å². The van der Waals surface area contributed by atoms with Gasteiger partial charge in [0, 0.05) is 0 Å². The van der Waals surface area contributed by atoms with Crippen molar-refractivity contribution in [2.45, 2.75) is 78.1 Å². The maximum atomic E-state index is 2.34. The number of allylic oxidation sites excluding steroid dienone is 4. The van der Waals surface area contributed by atoms with Crippen LogP contribution in [0.3, 0.4) is 0 Å². The molecule has 0 aromatic rings. The first-order chi connectivity index (χ1) is 7.91. The molecule has 0 saturated carbocycles. The van der Waals surface area contributed by atoms with Gasteiger partial charge in [0.1, 0.15) is 0 Å². The minimum atomic E-state index is 1.12. The maximum absolute atomic E-state index is 2.34. The van der Waals surface area contributed by atoms with Crippen LogP contribution in [0.4, 0.5) is 0 Å². The number of hydrogen-bond donors (Lipinski definition) is 0. The fraction of sp³-hybridized carbons (Fsp3) is 0.750. The zero-order valence-corrected chi connectivity index (χ0v) is 11.4. The zero-order valence-electron chi connectivity index (χ0n) is 11.4. The second-order valence-electron chi connectivity index (χ2n) is 4.50. The van der Waals surface area contributed by atoms with Crippen LogP contribution in [0.25, 0.3) is 0 Å². The second-order valence-corrected chi connectivity index (χ2v) is 4.50. The molecule has 0 unspecified atom stereocenters. The topological polar surface area (TPSA) is 0 Å². The van der Waals surface area contributed by atoms with Gasteiger partial charge >= 0.3 is 0 Å². The highest BCUT2D eigenvalue weighted by Crippen LogP contribution is 2.08. The summed E-state index contributed by atoms with van der Waals surface area (Å²) < 4.78 is 0. The van der Waals surface area contributed by atoms with Gasteiger partial charge in [-0.1, -0.05) is 76.7 Å². The highest BCUT2D eigenvalue weighted by atomic mass is 13.9. The second kappa shape index (κ2) is 14.5. The first kappa shape index (κ1) is 15.5. The molecule has 0 aliphatic carbocycles. The van der Waals surface area contributed by atoms with Gasteiger partial charge in [0.25, 0.3) is 0 Å². The molecular formula is C16H30. The molecular weight excluding hydrogens is 192 g/mol. The zero-order chi connectivity index (χ0) is 11.9. The van der Waals surface area contributed by atoms with Gasteiger partial charge in [0.2, 0.25) is 0 Å². The molecule has 0 spiro atoms. The van der Waals surface area contributed by atoms with Crippen LogP contribution in [-0.2, 0) is 0 Å². The van der Waals surface area contributed by atoms with E-state index in [2.05, 4.69) is 38.2 Å². The van der Waals surface area contributed by atoms with Gasteiger partial charge in [0.05, 0.1) is 0 Å². The molecule has 0 amide bonds. The third-order valence-corrected chi connectivity index (χ3v) is 2.82. The Morgan fingerprint density at radius 3 is 1.94 bits per heavy atom.